The summed E-state index contributed by atoms with van der Waals surface area (Å²) in [4.78, 5) is 35.8. The molecule has 0 radical (unpaired) electrons. The highest BCUT2D eigenvalue weighted by molar-refractivity contribution is 6.21. The van der Waals surface area contributed by atoms with Gasteiger partial charge in [0.25, 0.3) is 0 Å². The fourth-order valence-corrected chi connectivity index (χ4v) is 5.91. The monoisotopic (exact) mass is 632 g/mol. The minimum Gasteiger partial charge on any atom is -0.423 e. The number of halogens is 2. The Balaban J connectivity index is 1.35. The lowest BCUT2D eigenvalue weighted by molar-refractivity contribution is 0.0725. The van der Waals surface area contributed by atoms with E-state index in [0.717, 1.165) is 32.9 Å². The molecule has 2 aromatic heterocycles. The zero-order chi connectivity index (χ0) is 32.8. The lowest BCUT2D eigenvalue weighted by atomic mass is 9.90. The predicted octanol–water partition coefficient (Wildman–Crippen LogP) is 9.47. The summed E-state index contributed by atoms with van der Waals surface area (Å²) in [5.41, 5.74) is 4.90. The molecule has 0 atom stereocenters. The highest BCUT2D eigenvalue weighted by Crippen LogP contribution is 2.43. The third kappa shape index (κ3) is 5.25. The van der Waals surface area contributed by atoms with E-state index in [9.17, 15) is 18.4 Å². The van der Waals surface area contributed by atoms with Crippen molar-refractivity contribution in [1.29, 1.82) is 0 Å². The summed E-state index contributed by atoms with van der Waals surface area (Å²) < 4.78 is 38.5. The Morgan fingerprint density at radius 3 is 1.23 bits per heavy atom. The second kappa shape index (κ2) is 11.7. The van der Waals surface area contributed by atoms with Crippen LogP contribution in [0.1, 0.15) is 20.7 Å². The van der Waals surface area contributed by atoms with E-state index >= 15 is 0 Å². The van der Waals surface area contributed by atoms with E-state index in [1.54, 1.807) is 36.4 Å². The van der Waals surface area contributed by atoms with Gasteiger partial charge in [-0.15, -0.1) is 0 Å². The summed E-state index contributed by atoms with van der Waals surface area (Å²) in [6.07, 6.45) is 0. The third-order valence-corrected chi connectivity index (χ3v) is 8.13. The van der Waals surface area contributed by atoms with Gasteiger partial charge in [0.05, 0.1) is 33.2 Å². The van der Waals surface area contributed by atoms with Crippen molar-refractivity contribution in [3.05, 3.63) is 156 Å². The van der Waals surface area contributed by atoms with Crippen LogP contribution in [0.4, 0.5) is 8.78 Å². The standard InChI is InChI=1S/C40H22F2N2O4/c41-25-13-9-23(10-14-25)39(45)47-27-17-19-35-31(21-27)37(29-5-1-3-7-33(29)43-35)38-30-6-2-4-8-34(30)44-36-20-18-28(22-32(36)38)48-40(46)24-11-15-26(42)16-12-24/h1-22H. The Labute approximate surface area is 271 Å². The molecular weight excluding hydrogens is 610 g/mol. The molecule has 6 nitrogen and oxygen atoms in total. The molecule has 0 saturated heterocycles. The maximum atomic E-state index is 13.5. The number of benzene rings is 6. The second-order valence-corrected chi connectivity index (χ2v) is 11.2. The zero-order valence-corrected chi connectivity index (χ0v) is 25.0. The molecule has 6 aromatic carbocycles. The number of hydrogen-bond donors (Lipinski definition) is 0. The molecule has 0 amide bonds. The van der Waals surface area contributed by atoms with Crippen LogP contribution in [0.3, 0.4) is 0 Å². The van der Waals surface area contributed by atoms with Crippen LogP contribution in [-0.2, 0) is 0 Å². The second-order valence-electron chi connectivity index (χ2n) is 11.2. The number of carbonyl (C=O) groups excluding carboxylic acids is 2. The molecule has 0 aliphatic rings. The molecule has 8 aromatic rings. The van der Waals surface area contributed by atoms with Gasteiger partial charge >= 0.3 is 11.9 Å². The number of fused-ring (bicyclic) bond motifs is 4. The molecule has 230 valence electrons. The Hall–Kier alpha value is -6.54. The van der Waals surface area contributed by atoms with Gasteiger partial charge in [-0.3, -0.25) is 0 Å². The first-order valence-electron chi connectivity index (χ1n) is 15.0. The van der Waals surface area contributed by atoms with Crippen molar-refractivity contribution >= 4 is 55.6 Å². The van der Waals surface area contributed by atoms with Crippen LogP contribution in [0.25, 0.3) is 54.7 Å². The van der Waals surface area contributed by atoms with Gasteiger partial charge < -0.3 is 9.47 Å². The number of pyridine rings is 2. The quantitative estimate of drug-likeness (QED) is 0.107. The summed E-state index contributed by atoms with van der Waals surface area (Å²) in [6, 6.07) is 36.3. The summed E-state index contributed by atoms with van der Waals surface area (Å²) in [7, 11) is 0. The van der Waals surface area contributed by atoms with Gasteiger partial charge in [-0.05, 0) is 97.1 Å². The molecule has 2 heterocycles. The van der Waals surface area contributed by atoms with Crippen molar-refractivity contribution < 1.29 is 27.8 Å². The lowest BCUT2D eigenvalue weighted by Gasteiger charge is -2.17. The Kier molecular flexibility index (Phi) is 7.03. The molecular formula is C40H22F2N2O4. The summed E-state index contributed by atoms with van der Waals surface area (Å²) in [5, 5.41) is 3.12. The van der Waals surface area contributed by atoms with Crippen LogP contribution in [0, 0.1) is 11.6 Å². The van der Waals surface area contributed by atoms with E-state index in [2.05, 4.69) is 0 Å². The Morgan fingerprint density at radius 2 is 0.812 bits per heavy atom. The predicted molar refractivity (Wildman–Crippen MR) is 180 cm³/mol. The van der Waals surface area contributed by atoms with Gasteiger partial charge in [0.2, 0.25) is 0 Å². The molecule has 0 saturated carbocycles. The summed E-state index contributed by atoms with van der Waals surface area (Å²) in [5.74, 6) is -1.59. The molecule has 0 aliphatic heterocycles. The van der Waals surface area contributed by atoms with E-state index in [0.29, 0.717) is 21.8 Å². The van der Waals surface area contributed by atoms with Gasteiger partial charge in [-0.2, -0.15) is 0 Å². The number of rotatable bonds is 5. The fraction of sp³-hybridized carbons (Fsp3) is 0. The van der Waals surface area contributed by atoms with Crippen LogP contribution in [0.2, 0.25) is 0 Å². The van der Waals surface area contributed by atoms with Crippen LogP contribution in [-0.4, -0.2) is 21.9 Å². The molecule has 0 unspecified atom stereocenters. The van der Waals surface area contributed by atoms with Crippen molar-refractivity contribution in [3.63, 3.8) is 0 Å². The number of nitrogens with zero attached hydrogens (tertiary/aromatic N) is 2. The largest absolute Gasteiger partial charge is 0.423 e. The lowest BCUT2D eigenvalue weighted by Crippen LogP contribution is -2.08. The number of carbonyl (C=O) groups is 2. The average molecular weight is 633 g/mol. The molecule has 0 aliphatic carbocycles. The zero-order valence-electron chi connectivity index (χ0n) is 25.0. The average Bonchev–Trinajstić information content (AvgIpc) is 3.10. The third-order valence-electron chi connectivity index (χ3n) is 8.13. The van der Waals surface area contributed by atoms with Crippen molar-refractivity contribution in [2.45, 2.75) is 0 Å². The van der Waals surface area contributed by atoms with Crippen LogP contribution in [0.15, 0.2) is 133 Å². The first-order valence-corrected chi connectivity index (χ1v) is 15.0. The molecule has 8 heteroatoms. The SMILES string of the molecule is O=C(Oc1ccc2nc3ccccc3c(-c3c4ccccc4nc4ccc(OC(=O)c5ccc(F)cc5)cc34)c2c1)c1ccc(F)cc1. The summed E-state index contributed by atoms with van der Waals surface area (Å²) >= 11 is 0. The number of ether oxygens (including phenoxy) is 2. The molecule has 48 heavy (non-hydrogen) atoms. The van der Waals surface area contributed by atoms with Crippen LogP contribution < -0.4 is 9.47 Å². The van der Waals surface area contributed by atoms with Gasteiger partial charge in [0, 0.05) is 32.7 Å². The molecule has 0 N–H and O–H groups in total. The Bertz CT molecular complexity index is 2390. The van der Waals surface area contributed by atoms with E-state index in [1.807, 2.05) is 48.5 Å². The first kappa shape index (κ1) is 28.9. The minimum absolute atomic E-state index is 0.210. The number of para-hydroxylation sites is 2. The minimum atomic E-state index is -0.628. The highest BCUT2D eigenvalue weighted by atomic mass is 19.1. The van der Waals surface area contributed by atoms with Crippen molar-refractivity contribution in [1.82, 2.24) is 9.97 Å². The molecule has 0 bridgehead atoms. The van der Waals surface area contributed by atoms with Crippen LogP contribution >= 0.6 is 0 Å². The van der Waals surface area contributed by atoms with E-state index in [1.165, 1.54) is 48.5 Å². The molecule has 0 fully saturated rings. The van der Waals surface area contributed by atoms with Crippen LogP contribution in [0.5, 0.6) is 11.5 Å². The first-order chi connectivity index (χ1) is 23.4. The maximum absolute atomic E-state index is 13.5. The van der Waals surface area contributed by atoms with Gasteiger partial charge in [-0.25, -0.2) is 28.3 Å². The van der Waals surface area contributed by atoms with Gasteiger partial charge in [-0.1, -0.05) is 36.4 Å². The topological polar surface area (TPSA) is 78.4 Å². The fourth-order valence-electron chi connectivity index (χ4n) is 5.91. The van der Waals surface area contributed by atoms with E-state index in [-0.39, 0.29) is 22.6 Å². The Morgan fingerprint density at radius 1 is 0.438 bits per heavy atom. The van der Waals surface area contributed by atoms with Crippen molar-refractivity contribution in [2.75, 3.05) is 0 Å². The highest BCUT2D eigenvalue weighted by Gasteiger charge is 2.20. The van der Waals surface area contributed by atoms with E-state index in [4.69, 9.17) is 19.4 Å². The van der Waals surface area contributed by atoms with Gasteiger partial charge in [0.15, 0.2) is 0 Å². The smallest absolute Gasteiger partial charge is 0.343 e. The number of esters is 2. The van der Waals surface area contributed by atoms with Crippen molar-refractivity contribution in [2.24, 2.45) is 0 Å². The normalized spacial score (nSPS) is 11.3. The summed E-state index contributed by atoms with van der Waals surface area (Å²) in [6.45, 7) is 0. The number of aromatic nitrogens is 2. The number of hydrogen-bond acceptors (Lipinski definition) is 6. The van der Waals surface area contributed by atoms with Gasteiger partial charge in [0.1, 0.15) is 23.1 Å². The van der Waals surface area contributed by atoms with E-state index < -0.39 is 23.6 Å². The maximum Gasteiger partial charge on any atom is 0.343 e. The molecule has 8 rings (SSSR count). The molecule has 0 spiro atoms. The van der Waals surface area contributed by atoms with Crippen molar-refractivity contribution in [3.8, 4) is 22.6 Å².